The van der Waals surface area contributed by atoms with Crippen molar-refractivity contribution in [2.24, 2.45) is 11.1 Å². The molecule has 1 aliphatic heterocycles. The van der Waals surface area contributed by atoms with Gasteiger partial charge in [0, 0.05) is 34.3 Å². The lowest BCUT2D eigenvalue weighted by Crippen LogP contribution is -2.51. The molecule has 1 unspecified atom stereocenters. The van der Waals surface area contributed by atoms with Gasteiger partial charge >= 0.3 is 6.09 Å². The molecule has 1 amide bonds. The number of rotatable bonds is 7. The molecule has 1 fully saturated rings. The molecular weight excluding hydrogens is 401 g/mol. The standard InChI is InChI=1S/C23H32FN3O2S/c1-16-6-7-17(14-26-16)21(2,3)27-13-12-23(15-27,22(4,5)29-20(25)28)11-10-18-8-9-19(24)30-18/h6-9,14H,10-13,15H2,1-5H3,(H2,25,28). The van der Waals surface area contributed by atoms with Crippen LogP contribution in [0.1, 0.15) is 56.7 Å². The number of likely N-dealkylation sites (tertiary alicyclic amines) is 1. The van der Waals surface area contributed by atoms with Crippen molar-refractivity contribution in [1.82, 2.24) is 9.88 Å². The summed E-state index contributed by atoms with van der Waals surface area (Å²) in [6, 6.07) is 7.50. The van der Waals surface area contributed by atoms with Crippen LogP contribution in [-0.4, -0.2) is 34.7 Å². The number of aryl methyl sites for hydroxylation is 2. The molecule has 1 saturated heterocycles. The third kappa shape index (κ3) is 4.52. The topological polar surface area (TPSA) is 68.5 Å². The smallest absolute Gasteiger partial charge is 0.405 e. The maximum absolute atomic E-state index is 13.5. The number of thiophene rings is 1. The summed E-state index contributed by atoms with van der Waals surface area (Å²) in [7, 11) is 0. The Bertz CT molecular complexity index is 894. The van der Waals surface area contributed by atoms with Gasteiger partial charge in [-0.05, 0) is 84.2 Å². The Morgan fingerprint density at radius 1 is 1.30 bits per heavy atom. The van der Waals surface area contributed by atoms with Gasteiger partial charge in [0.1, 0.15) is 5.60 Å². The van der Waals surface area contributed by atoms with E-state index in [0.717, 1.165) is 48.5 Å². The summed E-state index contributed by atoms with van der Waals surface area (Å²) < 4.78 is 19.1. The van der Waals surface area contributed by atoms with Crippen LogP contribution in [0.25, 0.3) is 0 Å². The first kappa shape index (κ1) is 22.7. The molecule has 1 aliphatic rings. The maximum atomic E-state index is 13.5. The van der Waals surface area contributed by atoms with E-state index in [1.807, 2.05) is 39.1 Å². The Morgan fingerprint density at radius 2 is 2.03 bits per heavy atom. The first-order chi connectivity index (χ1) is 13.9. The summed E-state index contributed by atoms with van der Waals surface area (Å²) in [6.45, 7) is 11.9. The second-order valence-corrected chi connectivity index (χ2v) is 10.5. The van der Waals surface area contributed by atoms with E-state index in [9.17, 15) is 9.18 Å². The van der Waals surface area contributed by atoms with Gasteiger partial charge in [-0.1, -0.05) is 6.07 Å². The molecular formula is C23H32FN3O2S. The molecule has 5 nitrogen and oxygen atoms in total. The Kier molecular flexibility index (Phi) is 6.25. The number of carbonyl (C=O) groups excluding carboxylic acids is 1. The highest BCUT2D eigenvalue weighted by Gasteiger charge is 2.53. The summed E-state index contributed by atoms with van der Waals surface area (Å²) in [4.78, 5) is 19.6. The van der Waals surface area contributed by atoms with Gasteiger partial charge in [-0.3, -0.25) is 9.88 Å². The highest BCUT2D eigenvalue weighted by atomic mass is 32.1. The van der Waals surface area contributed by atoms with Crippen LogP contribution in [0.3, 0.4) is 0 Å². The van der Waals surface area contributed by atoms with Crippen molar-refractivity contribution < 1.29 is 13.9 Å². The van der Waals surface area contributed by atoms with Gasteiger partial charge in [0.2, 0.25) is 0 Å². The van der Waals surface area contributed by atoms with E-state index < -0.39 is 11.7 Å². The number of primary amides is 1. The summed E-state index contributed by atoms with van der Waals surface area (Å²) in [6.07, 6.45) is 3.56. The molecule has 0 aromatic carbocycles. The van der Waals surface area contributed by atoms with Gasteiger partial charge in [-0.25, -0.2) is 4.79 Å². The SMILES string of the molecule is Cc1ccc(C(C)(C)N2CCC(CCc3ccc(F)s3)(C(C)(C)OC(N)=O)C2)cn1. The Labute approximate surface area is 182 Å². The normalized spacial score (nSPS) is 20.5. The minimum absolute atomic E-state index is 0.173. The highest BCUT2D eigenvalue weighted by Crippen LogP contribution is 2.49. The molecule has 2 aromatic heterocycles. The van der Waals surface area contributed by atoms with Crippen molar-refractivity contribution in [3.05, 3.63) is 51.7 Å². The van der Waals surface area contributed by atoms with E-state index in [2.05, 4.69) is 29.8 Å². The lowest BCUT2D eigenvalue weighted by atomic mass is 9.69. The second-order valence-electron chi connectivity index (χ2n) is 9.34. The predicted molar refractivity (Wildman–Crippen MR) is 118 cm³/mol. The number of halogens is 1. The number of ether oxygens (including phenoxy) is 1. The fraction of sp³-hybridized carbons (Fsp3) is 0.565. The van der Waals surface area contributed by atoms with Crippen molar-refractivity contribution in [3.63, 3.8) is 0 Å². The van der Waals surface area contributed by atoms with Crippen LogP contribution in [0.4, 0.5) is 9.18 Å². The molecule has 1 atom stereocenters. The van der Waals surface area contributed by atoms with E-state index in [1.165, 1.54) is 17.4 Å². The number of pyridine rings is 1. The molecule has 3 rings (SSSR count). The van der Waals surface area contributed by atoms with Crippen LogP contribution >= 0.6 is 11.3 Å². The lowest BCUT2D eigenvalue weighted by Gasteiger charge is -2.45. The van der Waals surface area contributed by atoms with Crippen LogP contribution in [-0.2, 0) is 16.7 Å². The van der Waals surface area contributed by atoms with Crippen molar-refractivity contribution in [1.29, 1.82) is 0 Å². The number of aromatic nitrogens is 1. The van der Waals surface area contributed by atoms with Gasteiger partial charge in [0.15, 0.2) is 5.13 Å². The van der Waals surface area contributed by atoms with E-state index in [1.54, 1.807) is 0 Å². The van der Waals surface area contributed by atoms with E-state index >= 15 is 0 Å². The average Bonchev–Trinajstić information content (AvgIpc) is 3.27. The van der Waals surface area contributed by atoms with Gasteiger partial charge in [0.05, 0.1) is 0 Å². The fourth-order valence-electron chi connectivity index (χ4n) is 4.57. The molecule has 7 heteroatoms. The third-order valence-electron chi connectivity index (χ3n) is 6.87. The molecule has 2 N–H and O–H groups in total. The largest absolute Gasteiger partial charge is 0.443 e. The Hall–Kier alpha value is -1.99. The van der Waals surface area contributed by atoms with Gasteiger partial charge in [-0.2, -0.15) is 4.39 Å². The number of nitrogens with two attached hydrogens (primary N) is 1. The van der Waals surface area contributed by atoms with Crippen LogP contribution in [0, 0.1) is 17.5 Å². The van der Waals surface area contributed by atoms with Crippen LogP contribution in [0.5, 0.6) is 0 Å². The monoisotopic (exact) mass is 433 g/mol. The molecule has 3 heterocycles. The molecule has 0 radical (unpaired) electrons. The first-order valence-electron chi connectivity index (χ1n) is 10.4. The molecule has 0 bridgehead atoms. The van der Waals surface area contributed by atoms with Crippen molar-refractivity contribution in [2.45, 2.75) is 65.0 Å². The summed E-state index contributed by atoms with van der Waals surface area (Å²) in [5.41, 5.74) is 6.29. The molecule has 0 saturated carbocycles. The number of amides is 1. The number of hydrogen-bond donors (Lipinski definition) is 1. The summed E-state index contributed by atoms with van der Waals surface area (Å²) >= 11 is 1.18. The lowest BCUT2D eigenvalue weighted by molar-refractivity contribution is -0.0657. The fourth-order valence-corrected chi connectivity index (χ4v) is 5.29. The molecule has 164 valence electrons. The van der Waals surface area contributed by atoms with Crippen molar-refractivity contribution in [3.8, 4) is 0 Å². The van der Waals surface area contributed by atoms with Gasteiger partial charge in [0.25, 0.3) is 0 Å². The zero-order chi connectivity index (χ0) is 22.2. The summed E-state index contributed by atoms with van der Waals surface area (Å²) in [5.74, 6) is 0. The molecule has 2 aromatic rings. The van der Waals surface area contributed by atoms with Crippen LogP contribution < -0.4 is 5.73 Å². The summed E-state index contributed by atoms with van der Waals surface area (Å²) in [5, 5.41) is -0.173. The van der Waals surface area contributed by atoms with E-state index in [0.29, 0.717) is 0 Å². The minimum Gasteiger partial charge on any atom is -0.443 e. The Balaban J connectivity index is 1.87. The minimum atomic E-state index is -0.762. The Morgan fingerprint density at radius 3 is 2.60 bits per heavy atom. The van der Waals surface area contributed by atoms with Gasteiger partial charge < -0.3 is 10.5 Å². The maximum Gasteiger partial charge on any atom is 0.405 e. The number of carbonyl (C=O) groups is 1. The zero-order valence-electron chi connectivity index (χ0n) is 18.5. The van der Waals surface area contributed by atoms with E-state index in [4.69, 9.17) is 10.5 Å². The quantitative estimate of drug-likeness (QED) is 0.665. The van der Waals surface area contributed by atoms with Crippen molar-refractivity contribution in [2.75, 3.05) is 13.1 Å². The second kappa shape index (κ2) is 8.27. The predicted octanol–water partition coefficient (Wildman–Crippen LogP) is 5.02. The molecule has 0 aliphatic carbocycles. The highest BCUT2D eigenvalue weighted by molar-refractivity contribution is 7.10. The number of nitrogens with zero attached hydrogens (tertiary/aromatic N) is 2. The third-order valence-corrected chi connectivity index (χ3v) is 7.81. The van der Waals surface area contributed by atoms with Crippen molar-refractivity contribution >= 4 is 17.4 Å². The van der Waals surface area contributed by atoms with E-state index in [-0.39, 0.29) is 16.1 Å². The molecule has 0 spiro atoms. The first-order valence-corrected chi connectivity index (χ1v) is 11.2. The zero-order valence-corrected chi connectivity index (χ0v) is 19.3. The van der Waals surface area contributed by atoms with Crippen LogP contribution in [0.15, 0.2) is 30.5 Å². The average molecular weight is 434 g/mol. The van der Waals surface area contributed by atoms with Gasteiger partial charge in [-0.15, -0.1) is 11.3 Å². The van der Waals surface area contributed by atoms with Crippen LogP contribution in [0.2, 0.25) is 0 Å². The number of hydrogen-bond acceptors (Lipinski definition) is 5. The molecule has 30 heavy (non-hydrogen) atoms.